The Balaban J connectivity index is 1.61. The molecule has 5 rings (SSSR count). The number of carboxylic acid groups (broad SMARTS) is 1. The summed E-state index contributed by atoms with van der Waals surface area (Å²) in [7, 11) is 0. The second-order valence-corrected chi connectivity index (χ2v) is 10.2. The number of halogens is 5. The quantitative estimate of drug-likeness (QED) is 0.240. The van der Waals surface area contributed by atoms with E-state index in [1.807, 2.05) is 0 Å². The summed E-state index contributed by atoms with van der Waals surface area (Å²) in [6.45, 7) is 0. The molecule has 40 heavy (non-hydrogen) atoms. The summed E-state index contributed by atoms with van der Waals surface area (Å²) >= 11 is 0. The summed E-state index contributed by atoms with van der Waals surface area (Å²) in [4.78, 5) is 25.3. The third-order valence-corrected chi connectivity index (χ3v) is 7.66. The van der Waals surface area contributed by atoms with Crippen LogP contribution < -0.4 is 16.0 Å². The standard InChI is InChI=1S/C29H26F5N3O3/c30-21-14-23-24(15-22(21)31)37-28(36-23,18-8-10-19(11-9-18)29(32,33)34)25(16-4-2-1-3-5-16)26(38)35-20-12-6-17(7-13-20)27(39)40/h6-16,25,36-37H,1-5H2,(H,35,38)(H,39,40). The average Bonchev–Trinajstić information content (AvgIpc) is 3.28. The monoisotopic (exact) mass is 559 g/mol. The summed E-state index contributed by atoms with van der Waals surface area (Å²) in [5, 5.41) is 18.3. The predicted molar refractivity (Wildman–Crippen MR) is 139 cm³/mol. The van der Waals surface area contributed by atoms with Gasteiger partial charge in [-0.15, -0.1) is 0 Å². The van der Waals surface area contributed by atoms with Gasteiger partial charge in [0.1, 0.15) is 5.66 Å². The van der Waals surface area contributed by atoms with Gasteiger partial charge in [-0.25, -0.2) is 13.6 Å². The van der Waals surface area contributed by atoms with Crippen molar-refractivity contribution < 1.29 is 36.6 Å². The third-order valence-electron chi connectivity index (χ3n) is 7.66. The van der Waals surface area contributed by atoms with Gasteiger partial charge in [0.15, 0.2) is 11.6 Å². The van der Waals surface area contributed by atoms with Crippen molar-refractivity contribution in [2.24, 2.45) is 11.8 Å². The van der Waals surface area contributed by atoms with Gasteiger partial charge in [0.2, 0.25) is 5.91 Å². The number of hydrogen-bond acceptors (Lipinski definition) is 4. The zero-order valence-electron chi connectivity index (χ0n) is 21.1. The topological polar surface area (TPSA) is 90.5 Å². The molecule has 1 fully saturated rings. The molecular weight excluding hydrogens is 533 g/mol. The number of carbonyl (C=O) groups excluding carboxylic acids is 1. The van der Waals surface area contributed by atoms with Crippen LogP contribution in [0.4, 0.5) is 39.0 Å². The highest BCUT2D eigenvalue weighted by atomic mass is 19.4. The van der Waals surface area contributed by atoms with Crippen LogP contribution in [0.1, 0.15) is 53.6 Å². The maximum absolute atomic E-state index is 14.2. The molecule has 1 heterocycles. The number of alkyl halides is 3. The van der Waals surface area contributed by atoms with E-state index in [4.69, 9.17) is 0 Å². The van der Waals surface area contributed by atoms with Crippen molar-refractivity contribution in [1.29, 1.82) is 0 Å². The minimum Gasteiger partial charge on any atom is -0.478 e. The lowest BCUT2D eigenvalue weighted by molar-refractivity contribution is -0.137. The summed E-state index contributed by atoms with van der Waals surface area (Å²) in [6, 6.07) is 11.8. The number of fused-ring (bicyclic) bond motifs is 1. The number of carboxylic acids is 1. The molecule has 1 amide bonds. The summed E-state index contributed by atoms with van der Waals surface area (Å²) in [5.74, 6) is -5.03. The lowest BCUT2D eigenvalue weighted by atomic mass is 9.71. The number of nitrogens with one attached hydrogen (secondary N) is 3. The van der Waals surface area contributed by atoms with Gasteiger partial charge in [-0.2, -0.15) is 13.2 Å². The molecule has 1 saturated carbocycles. The van der Waals surface area contributed by atoms with Crippen LogP contribution in [-0.2, 0) is 16.6 Å². The first kappa shape index (κ1) is 27.4. The fourth-order valence-electron chi connectivity index (χ4n) is 5.76. The van der Waals surface area contributed by atoms with E-state index < -0.39 is 46.8 Å². The Bertz CT molecular complexity index is 1390. The molecule has 0 bridgehead atoms. The van der Waals surface area contributed by atoms with Crippen molar-refractivity contribution in [1.82, 2.24) is 0 Å². The predicted octanol–water partition coefficient (Wildman–Crippen LogP) is 7.21. The number of benzene rings is 3. The zero-order valence-corrected chi connectivity index (χ0v) is 21.1. The fraction of sp³-hybridized carbons (Fsp3) is 0.310. The molecule has 3 aromatic carbocycles. The molecule has 0 aromatic heterocycles. The first-order chi connectivity index (χ1) is 19.0. The first-order valence-electron chi connectivity index (χ1n) is 12.9. The summed E-state index contributed by atoms with van der Waals surface area (Å²) < 4.78 is 68.6. The van der Waals surface area contributed by atoms with E-state index in [-0.39, 0.29) is 28.4 Å². The van der Waals surface area contributed by atoms with Gasteiger partial charge >= 0.3 is 12.1 Å². The Morgan fingerprint density at radius 2 is 1.43 bits per heavy atom. The van der Waals surface area contributed by atoms with E-state index in [9.17, 15) is 36.6 Å². The van der Waals surface area contributed by atoms with Gasteiger partial charge in [0, 0.05) is 17.8 Å². The highest BCUT2D eigenvalue weighted by molar-refractivity contribution is 5.96. The molecule has 0 spiro atoms. The molecule has 4 N–H and O–H groups in total. The van der Waals surface area contributed by atoms with Gasteiger partial charge in [0.05, 0.1) is 28.4 Å². The van der Waals surface area contributed by atoms with E-state index in [1.54, 1.807) is 0 Å². The zero-order chi connectivity index (χ0) is 28.7. The SMILES string of the molecule is O=C(O)c1ccc(NC(=O)C(C2CCCCC2)C2(c3ccc(C(F)(F)F)cc3)Nc3cc(F)c(F)cc3N2)cc1. The molecule has 1 unspecified atom stereocenters. The highest BCUT2D eigenvalue weighted by Gasteiger charge is 2.52. The number of rotatable bonds is 6. The molecular formula is C29H26F5N3O3. The van der Waals surface area contributed by atoms with Crippen LogP contribution in [-0.4, -0.2) is 17.0 Å². The van der Waals surface area contributed by atoms with Gasteiger partial charge < -0.3 is 21.1 Å². The van der Waals surface area contributed by atoms with Crippen molar-refractivity contribution in [3.05, 3.63) is 89.0 Å². The highest BCUT2D eigenvalue weighted by Crippen LogP contribution is 2.50. The third kappa shape index (κ3) is 5.20. The largest absolute Gasteiger partial charge is 0.478 e. The Hall–Kier alpha value is -4.15. The second-order valence-electron chi connectivity index (χ2n) is 10.2. The Kier molecular flexibility index (Phi) is 7.16. The molecule has 1 aliphatic heterocycles. The molecule has 6 nitrogen and oxygen atoms in total. The van der Waals surface area contributed by atoms with Crippen LogP contribution in [0.2, 0.25) is 0 Å². The van der Waals surface area contributed by atoms with Crippen molar-refractivity contribution in [2.45, 2.75) is 43.9 Å². The van der Waals surface area contributed by atoms with Gasteiger partial charge in [0.25, 0.3) is 0 Å². The first-order valence-corrected chi connectivity index (χ1v) is 12.9. The molecule has 1 atom stereocenters. The summed E-state index contributed by atoms with van der Waals surface area (Å²) in [6.07, 6.45) is -0.643. The van der Waals surface area contributed by atoms with Crippen molar-refractivity contribution in [2.75, 3.05) is 16.0 Å². The van der Waals surface area contributed by atoms with Crippen LogP contribution in [0.3, 0.4) is 0 Å². The van der Waals surface area contributed by atoms with Crippen molar-refractivity contribution in [3.8, 4) is 0 Å². The average molecular weight is 560 g/mol. The lowest BCUT2D eigenvalue weighted by Gasteiger charge is -2.43. The lowest BCUT2D eigenvalue weighted by Crippen LogP contribution is -2.54. The van der Waals surface area contributed by atoms with Gasteiger partial charge in [-0.1, -0.05) is 31.4 Å². The van der Waals surface area contributed by atoms with Crippen LogP contribution in [0.15, 0.2) is 60.7 Å². The number of aromatic carboxylic acids is 1. The van der Waals surface area contributed by atoms with Crippen LogP contribution >= 0.6 is 0 Å². The minimum absolute atomic E-state index is 0.0293. The van der Waals surface area contributed by atoms with Crippen molar-refractivity contribution >= 4 is 28.9 Å². The molecule has 2 aliphatic rings. The molecule has 1 aliphatic carbocycles. The molecule has 11 heteroatoms. The Morgan fingerprint density at radius 3 is 1.93 bits per heavy atom. The van der Waals surface area contributed by atoms with Crippen molar-refractivity contribution in [3.63, 3.8) is 0 Å². The Morgan fingerprint density at radius 1 is 0.875 bits per heavy atom. The normalized spacial score (nSPS) is 17.3. The second kappa shape index (κ2) is 10.4. The van der Waals surface area contributed by atoms with Crippen LogP contribution in [0.5, 0.6) is 0 Å². The van der Waals surface area contributed by atoms with Crippen LogP contribution in [0.25, 0.3) is 0 Å². The molecule has 0 saturated heterocycles. The van der Waals surface area contributed by atoms with Crippen LogP contribution in [0, 0.1) is 23.5 Å². The van der Waals surface area contributed by atoms with E-state index >= 15 is 0 Å². The number of anilines is 3. The van der Waals surface area contributed by atoms with E-state index in [0.717, 1.165) is 43.5 Å². The maximum Gasteiger partial charge on any atom is 0.416 e. The number of amides is 1. The van der Waals surface area contributed by atoms with E-state index in [2.05, 4.69) is 16.0 Å². The molecule has 210 valence electrons. The fourth-order valence-corrected chi connectivity index (χ4v) is 5.76. The molecule has 0 radical (unpaired) electrons. The number of carbonyl (C=O) groups is 2. The molecule has 3 aromatic rings. The van der Waals surface area contributed by atoms with E-state index in [1.165, 1.54) is 36.4 Å². The van der Waals surface area contributed by atoms with E-state index in [0.29, 0.717) is 18.5 Å². The summed E-state index contributed by atoms with van der Waals surface area (Å²) in [5.41, 5.74) is -1.45. The maximum atomic E-state index is 14.2. The van der Waals surface area contributed by atoms with Gasteiger partial charge in [-0.3, -0.25) is 4.79 Å². The number of hydrogen-bond donors (Lipinski definition) is 4. The van der Waals surface area contributed by atoms with Gasteiger partial charge in [-0.05, 0) is 60.7 Å². The Labute approximate surface area is 226 Å². The minimum atomic E-state index is -4.58. The smallest absolute Gasteiger partial charge is 0.416 e.